The van der Waals surface area contributed by atoms with E-state index in [0.29, 0.717) is 26.2 Å². The Morgan fingerprint density at radius 1 is 0.463 bits per heavy atom. The number of aliphatic hydroxyl groups is 1. The van der Waals surface area contributed by atoms with Crippen LogP contribution in [0.2, 0.25) is 0 Å². The second-order valence-corrected chi connectivity index (χ2v) is 10.9. The minimum Gasteiger partial charge on any atom is -0.494 e. The number of benzene rings is 4. The highest BCUT2D eigenvalue weighted by atomic mass is 16.5. The topological polar surface area (TPSA) is 57.2 Å². The van der Waals surface area contributed by atoms with Crippen LogP contribution in [0.5, 0.6) is 23.0 Å². The van der Waals surface area contributed by atoms with Crippen molar-refractivity contribution in [2.24, 2.45) is 0 Å². The lowest BCUT2D eigenvalue weighted by molar-refractivity contribution is 0.234. The van der Waals surface area contributed by atoms with E-state index >= 15 is 0 Å². The zero-order valence-electron chi connectivity index (χ0n) is 25.3. The summed E-state index contributed by atoms with van der Waals surface area (Å²) < 4.78 is 24.9. The number of fused-ring (bicyclic) bond motifs is 6. The minimum atomic E-state index is 0.0918. The van der Waals surface area contributed by atoms with Gasteiger partial charge in [0.15, 0.2) is 0 Å². The van der Waals surface area contributed by atoms with Crippen LogP contribution in [-0.4, -0.2) is 38.1 Å². The van der Waals surface area contributed by atoms with Gasteiger partial charge in [-0.15, -0.1) is 0 Å². The molecule has 0 bridgehead atoms. The van der Waals surface area contributed by atoms with Gasteiger partial charge < -0.3 is 24.1 Å². The monoisotopic (exact) mass is 560 g/mol. The molecule has 0 radical (unpaired) electrons. The summed E-state index contributed by atoms with van der Waals surface area (Å²) in [5, 5.41) is 16.0. The van der Waals surface area contributed by atoms with E-state index in [1.54, 1.807) is 0 Å². The number of hydrogen-bond donors (Lipinski definition) is 1. The molecule has 4 aromatic carbocycles. The Labute approximate surface area is 245 Å². The van der Waals surface area contributed by atoms with Crippen molar-refractivity contribution in [3.8, 4) is 23.0 Å². The molecule has 5 heteroatoms. The summed E-state index contributed by atoms with van der Waals surface area (Å²) in [6.07, 6.45) is 10.7. The molecule has 0 aromatic heterocycles. The highest BCUT2D eigenvalue weighted by molar-refractivity contribution is 6.27. The summed E-state index contributed by atoms with van der Waals surface area (Å²) in [4.78, 5) is 0. The van der Waals surface area contributed by atoms with Gasteiger partial charge in [-0.05, 0) is 82.6 Å². The van der Waals surface area contributed by atoms with Crippen molar-refractivity contribution in [1.82, 2.24) is 0 Å². The van der Waals surface area contributed by atoms with Crippen LogP contribution < -0.4 is 18.9 Å². The summed E-state index contributed by atoms with van der Waals surface area (Å²) in [6.45, 7) is 9.25. The highest BCUT2D eigenvalue weighted by Gasteiger charge is 2.17. The first-order valence-electron chi connectivity index (χ1n) is 15.8. The van der Waals surface area contributed by atoms with Crippen molar-refractivity contribution in [3.63, 3.8) is 0 Å². The van der Waals surface area contributed by atoms with Crippen LogP contribution in [0.4, 0.5) is 0 Å². The maximum absolute atomic E-state index is 9.41. The molecule has 0 aliphatic heterocycles. The fourth-order valence-corrected chi connectivity index (χ4v) is 5.28. The summed E-state index contributed by atoms with van der Waals surface area (Å²) in [7, 11) is 0. The number of aliphatic hydroxyl groups excluding tert-OH is 1. The molecule has 1 N–H and O–H groups in total. The van der Waals surface area contributed by atoms with E-state index in [0.717, 1.165) is 100 Å². The third-order valence-electron chi connectivity index (χ3n) is 7.52. The standard InChI is InChI=1S/C36H48O5/c1-4-7-10-19-38-27-14-16-30-32(23-27)33-24-28(39-20-11-8-5-2)15-17-31(33)36-34(30)25-29(40-21-12-9-6-3)26-35(36)41-22-13-18-37/h14-17,23-26,37H,4-13,18-22H2,1-3H3. The smallest absolute Gasteiger partial charge is 0.131 e. The summed E-state index contributed by atoms with van der Waals surface area (Å²) in [5.74, 6) is 3.35. The van der Waals surface area contributed by atoms with Crippen molar-refractivity contribution in [2.75, 3.05) is 33.0 Å². The third-order valence-corrected chi connectivity index (χ3v) is 7.52. The van der Waals surface area contributed by atoms with E-state index in [2.05, 4.69) is 63.2 Å². The lowest BCUT2D eigenvalue weighted by atomic mass is 9.93. The minimum absolute atomic E-state index is 0.0918. The van der Waals surface area contributed by atoms with Crippen molar-refractivity contribution in [3.05, 3.63) is 48.5 Å². The first-order valence-corrected chi connectivity index (χ1v) is 15.8. The second kappa shape index (κ2) is 16.3. The molecule has 4 rings (SSSR count). The Morgan fingerprint density at radius 3 is 1.51 bits per heavy atom. The van der Waals surface area contributed by atoms with Gasteiger partial charge in [-0.1, -0.05) is 65.4 Å². The second-order valence-electron chi connectivity index (χ2n) is 10.9. The first kappa shape index (κ1) is 30.8. The van der Waals surface area contributed by atoms with Crippen LogP contribution >= 0.6 is 0 Å². The molecule has 0 atom stereocenters. The quantitative estimate of drug-likeness (QED) is 0.0914. The first-order chi connectivity index (χ1) is 20.2. The van der Waals surface area contributed by atoms with Crippen molar-refractivity contribution < 1.29 is 24.1 Å². The Hall–Kier alpha value is -3.18. The number of ether oxygens (including phenoxy) is 4. The van der Waals surface area contributed by atoms with Crippen molar-refractivity contribution in [2.45, 2.75) is 85.0 Å². The Balaban J connectivity index is 1.86. The molecule has 0 aliphatic carbocycles. The number of unbranched alkanes of at least 4 members (excludes halogenated alkanes) is 6. The zero-order chi connectivity index (χ0) is 28.9. The van der Waals surface area contributed by atoms with Gasteiger partial charge in [-0.25, -0.2) is 0 Å². The normalized spacial score (nSPS) is 11.4. The maximum Gasteiger partial charge on any atom is 0.131 e. The molecule has 0 fully saturated rings. The lowest BCUT2D eigenvalue weighted by Gasteiger charge is -2.18. The SMILES string of the molecule is CCCCCOc1ccc2c(c1)c1cc(OCCCCC)ccc1c1c(OCCCO)cc(OCCCCC)cc21. The summed E-state index contributed by atoms with van der Waals surface area (Å²) in [6, 6.07) is 17.0. The van der Waals surface area contributed by atoms with Gasteiger partial charge in [0.1, 0.15) is 23.0 Å². The number of hydrogen-bond acceptors (Lipinski definition) is 5. The molecule has 0 saturated carbocycles. The molecule has 0 spiro atoms. The van der Waals surface area contributed by atoms with Gasteiger partial charge >= 0.3 is 0 Å². The van der Waals surface area contributed by atoms with Crippen LogP contribution in [0.25, 0.3) is 32.3 Å². The van der Waals surface area contributed by atoms with Crippen molar-refractivity contribution in [1.29, 1.82) is 0 Å². The largest absolute Gasteiger partial charge is 0.494 e. The van der Waals surface area contributed by atoms with Crippen LogP contribution in [0.1, 0.15) is 85.0 Å². The van der Waals surface area contributed by atoms with E-state index in [4.69, 9.17) is 18.9 Å². The fraction of sp³-hybridized carbons (Fsp3) is 0.500. The van der Waals surface area contributed by atoms with Crippen molar-refractivity contribution >= 4 is 32.3 Å². The molecule has 0 unspecified atom stereocenters. The Morgan fingerprint density at radius 2 is 0.951 bits per heavy atom. The lowest BCUT2D eigenvalue weighted by Crippen LogP contribution is -2.03. The number of rotatable bonds is 19. The molecule has 41 heavy (non-hydrogen) atoms. The molecule has 0 saturated heterocycles. The average molecular weight is 561 g/mol. The predicted octanol–water partition coefficient (Wildman–Crippen LogP) is 9.61. The van der Waals surface area contributed by atoms with Gasteiger partial charge in [-0.2, -0.15) is 0 Å². The van der Waals surface area contributed by atoms with Crippen LogP contribution in [0.15, 0.2) is 48.5 Å². The summed E-state index contributed by atoms with van der Waals surface area (Å²) >= 11 is 0. The van der Waals surface area contributed by atoms with Gasteiger partial charge in [0.25, 0.3) is 0 Å². The molecule has 222 valence electrons. The van der Waals surface area contributed by atoms with E-state index < -0.39 is 0 Å². The van der Waals surface area contributed by atoms with Gasteiger partial charge in [-0.3, -0.25) is 0 Å². The summed E-state index contributed by atoms with van der Waals surface area (Å²) in [5.41, 5.74) is 0. The van der Waals surface area contributed by atoms with Gasteiger partial charge in [0.05, 0.1) is 26.4 Å². The van der Waals surface area contributed by atoms with E-state index in [-0.39, 0.29) is 6.61 Å². The van der Waals surface area contributed by atoms with Crippen LogP contribution in [0, 0.1) is 0 Å². The fourth-order valence-electron chi connectivity index (χ4n) is 5.28. The van der Waals surface area contributed by atoms with E-state index in [1.807, 2.05) is 6.07 Å². The van der Waals surface area contributed by atoms with E-state index in [1.165, 1.54) is 19.3 Å². The zero-order valence-corrected chi connectivity index (χ0v) is 25.3. The maximum atomic E-state index is 9.41. The predicted molar refractivity (Wildman–Crippen MR) is 171 cm³/mol. The van der Waals surface area contributed by atoms with Crippen LogP contribution in [0.3, 0.4) is 0 Å². The van der Waals surface area contributed by atoms with Crippen LogP contribution in [-0.2, 0) is 0 Å². The average Bonchev–Trinajstić information content (AvgIpc) is 3.00. The molecular formula is C36H48O5. The van der Waals surface area contributed by atoms with E-state index in [9.17, 15) is 5.11 Å². The highest BCUT2D eigenvalue weighted by Crippen LogP contribution is 2.44. The Kier molecular flexibility index (Phi) is 12.2. The third kappa shape index (κ3) is 8.19. The molecule has 5 nitrogen and oxygen atoms in total. The molecular weight excluding hydrogens is 512 g/mol. The Bertz CT molecular complexity index is 1380. The van der Waals surface area contributed by atoms with Gasteiger partial charge in [0, 0.05) is 24.5 Å². The molecule has 0 heterocycles. The molecule has 4 aromatic rings. The van der Waals surface area contributed by atoms with Gasteiger partial charge in [0.2, 0.25) is 0 Å². The molecule has 0 aliphatic rings. The molecule has 0 amide bonds.